The molecule has 0 aromatic carbocycles. The van der Waals surface area contributed by atoms with Gasteiger partial charge in [-0.15, -0.1) is 5.11 Å². The summed E-state index contributed by atoms with van der Waals surface area (Å²) in [6, 6.07) is -0.544. The average Bonchev–Trinajstić information content (AvgIpc) is 2.55. The number of imidazole rings is 1. The van der Waals surface area contributed by atoms with Crippen LogP contribution in [-0.2, 0) is 0 Å². The molecule has 2 rings (SSSR count). The number of aromatic nitrogens is 2. The summed E-state index contributed by atoms with van der Waals surface area (Å²) >= 11 is 0. The molecule has 72 valence electrons. The van der Waals surface area contributed by atoms with Crippen molar-refractivity contribution in [3.8, 4) is 0 Å². The maximum absolute atomic E-state index is 11.5. The van der Waals surface area contributed by atoms with E-state index in [0.29, 0.717) is 0 Å². The fraction of sp³-hybridized carbons (Fsp3) is 0.286. The van der Waals surface area contributed by atoms with E-state index in [0.717, 1.165) is 0 Å². The van der Waals surface area contributed by atoms with Crippen LogP contribution in [0.5, 0.6) is 0 Å². The summed E-state index contributed by atoms with van der Waals surface area (Å²) in [6.07, 6.45) is 1.23. The standard InChI is InChI=1S/C7H7N5O2/c1-3-7(14)12-2-9-4(5(8)13)6(12)11-10-3/h2-3H,1H3,(H2,8,13)/t3-/m0/s1. The molecule has 2 heterocycles. The monoisotopic (exact) mass is 193 g/mol. The van der Waals surface area contributed by atoms with E-state index in [4.69, 9.17) is 5.73 Å². The molecule has 0 aliphatic carbocycles. The summed E-state index contributed by atoms with van der Waals surface area (Å²) in [4.78, 5) is 26.0. The molecule has 1 aromatic rings. The molecule has 2 N–H and O–H groups in total. The zero-order valence-electron chi connectivity index (χ0n) is 7.34. The molecular formula is C7H7N5O2. The molecule has 0 spiro atoms. The summed E-state index contributed by atoms with van der Waals surface area (Å²) in [5.41, 5.74) is 5.00. The predicted octanol–water partition coefficient (Wildman–Crippen LogP) is 0.108. The maximum atomic E-state index is 11.5. The number of azo groups is 1. The van der Waals surface area contributed by atoms with Crippen molar-refractivity contribution in [3.63, 3.8) is 0 Å². The lowest BCUT2D eigenvalue weighted by atomic mass is 10.3. The van der Waals surface area contributed by atoms with E-state index in [9.17, 15) is 9.59 Å². The van der Waals surface area contributed by atoms with Crippen LogP contribution in [0.2, 0.25) is 0 Å². The third-order valence-electron chi connectivity index (χ3n) is 1.90. The highest BCUT2D eigenvalue weighted by molar-refractivity contribution is 5.98. The Morgan fingerprint density at radius 3 is 3.00 bits per heavy atom. The number of nitrogens with two attached hydrogens (primary N) is 1. The van der Waals surface area contributed by atoms with Gasteiger partial charge in [0.15, 0.2) is 11.5 Å². The molecule has 1 aliphatic heterocycles. The molecule has 0 radical (unpaired) electrons. The summed E-state index contributed by atoms with van der Waals surface area (Å²) in [5, 5.41) is 7.38. The largest absolute Gasteiger partial charge is 0.364 e. The fourth-order valence-electron chi connectivity index (χ4n) is 1.16. The van der Waals surface area contributed by atoms with Crippen LogP contribution in [0.4, 0.5) is 5.82 Å². The Bertz CT molecular complexity index is 447. The van der Waals surface area contributed by atoms with Crippen LogP contribution in [0.3, 0.4) is 0 Å². The van der Waals surface area contributed by atoms with Crippen molar-refractivity contribution in [1.29, 1.82) is 0 Å². The smallest absolute Gasteiger partial charge is 0.271 e. The average molecular weight is 193 g/mol. The second kappa shape index (κ2) is 2.72. The first-order valence-electron chi connectivity index (χ1n) is 3.93. The van der Waals surface area contributed by atoms with E-state index in [1.165, 1.54) is 10.9 Å². The number of fused-ring (bicyclic) bond motifs is 1. The number of primary amides is 1. The molecule has 0 bridgehead atoms. The van der Waals surface area contributed by atoms with Gasteiger partial charge in [-0.3, -0.25) is 9.59 Å². The SMILES string of the molecule is C[C@@H]1N=Nc2c(C(N)=O)ncn2C1=O. The van der Waals surface area contributed by atoms with Gasteiger partial charge in [0.2, 0.25) is 0 Å². The van der Waals surface area contributed by atoms with Crippen LogP contribution in [0.25, 0.3) is 0 Å². The van der Waals surface area contributed by atoms with Crippen molar-refractivity contribution in [2.75, 3.05) is 0 Å². The second-order valence-corrected chi connectivity index (χ2v) is 2.88. The number of hydrogen-bond donors (Lipinski definition) is 1. The zero-order chi connectivity index (χ0) is 10.3. The Hall–Kier alpha value is -2.05. The highest BCUT2D eigenvalue weighted by Crippen LogP contribution is 2.23. The third-order valence-corrected chi connectivity index (χ3v) is 1.90. The molecular weight excluding hydrogens is 186 g/mol. The van der Waals surface area contributed by atoms with Gasteiger partial charge in [-0.25, -0.2) is 9.55 Å². The van der Waals surface area contributed by atoms with Crippen molar-refractivity contribution >= 4 is 17.6 Å². The minimum Gasteiger partial charge on any atom is -0.364 e. The van der Waals surface area contributed by atoms with E-state index in [2.05, 4.69) is 15.2 Å². The summed E-state index contributed by atoms with van der Waals surface area (Å²) in [7, 11) is 0. The predicted molar refractivity (Wildman–Crippen MR) is 45.3 cm³/mol. The van der Waals surface area contributed by atoms with E-state index in [1.54, 1.807) is 6.92 Å². The van der Waals surface area contributed by atoms with E-state index >= 15 is 0 Å². The van der Waals surface area contributed by atoms with Crippen molar-refractivity contribution in [1.82, 2.24) is 9.55 Å². The van der Waals surface area contributed by atoms with Gasteiger partial charge in [-0.05, 0) is 6.92 Å². The van der Waals surface area contributed by atoms with Gasteiger partial charge < -0.3 is 5.73 Å². The Balaban J connectivity index is 2.59. The van der Waals surface area contributed by atoms with Crippen molar-refractivity contribution in [2.24, 2.45) is 16.0 Å². The van der Waals surface area contributed by atoms with E-state index in [1.807, 2.05) is 0 Å². The van der Waals surface area contributed by atoms with Crippen molar-refractivity contribution in [3.05, 3.63) is 12.0 Å². The first-order chi connectivity index (χ1) is 6.61. The molecule has 1 aliphatic rings. The molecule has 7 heteroatoms. The Morgan fingerprint density at radius 1 is 1.64 bits per heavy atom. The third kappa shape index (κ3) is 1.02. The first kappa shape index (κ1) is 8.54. The Kier molecular flexibility index (Phi) is 1.66. The van der Waals surface area contributed by atoms with Gasteiger partial charge in [0, 0.05) is 0 Å². The van der Waals surface area contributed by atoms with Crippen LogP contribution < -0.4 is 5.73 Å². The normalized spacial score (nSPS) is 19.5. The number of rotatable bonds is 1. The number of carbonyl (C=O) groups excluding carboxylic acids is 2. The lowest BCUT2D eigenvalue weighted by Crippen LogP contribution is -2.24. The van der Waals surface area contributed by atoms with E-state index < -0.39 is 11.9 Å². The highest BCUT2D eigenvalue weighted by atomic mass is 16.2. The minimum absolute atomic E-state index is 0.0333. The Labute approximate surface area is 78.6 Å². The highest BCUT2D eigenvalue weighted by Gasteiger charge is 2.26. The molecule has 1 amide bonds. The first-order valence-corrected chi connectivity index (χ1v) is 3.93. The van der Waals surface area contributed by atoms with Crippen molar-refractivity contribution < 1.29 is 9.59 Å². The van der Waals surface area contributed by atoms with Gasteiger partial charge >= 0.3 is 0 Å². The quantitative estimate of drug-likeness (QED) is 0.684. The number of hydrogen-bond acceptors (Lipinski definition) is 5. The van der Waals surface area contributed by atoms with Gasteiger partial charge in [-0.1, -0.05) is 0 Å². The lowest BCUT2D eigenvalue weighted by Gasteiger charge is -2.10. The van der Waals surface area contributed by atoms with Gasteiger partial charge in [-0.2, -0.15) is 5.11 Å². The molecule has 0 saturated carbocycles. The molecule has 1 aromatic heterocycles. The fourth-order valence-corrected chi connectivity index (χ4v) is 1.16. The molecule has 0 saturated heterocycles. The number of amides is 1. The zero-order valence-corrected chi connectivity index (χ0v) is 7.34. The lowest BCUT2D eigenvalue weighted by molar-refractivity contribution is 0.0879. The van der Waals surface area contributed by atoms with Gasteiger partial charge in [0.05, 0.1) is 0 Å². The molecule has 14 heavy (non-hydrogen) atoms. The summed E-state index contributed by atoms with van der Waals surface area (Å²) in [6.45, 7) is 1.61. The van der Waals surface area contributed by atoms with Crippen LogP contribution in [-0.4, -0.2) is 27.4 Å². The molecule has 1 atom stereocenters. The van der Waals surface area contributed by atoms with Crippen LogP contribution in [0.15, 0.2) is 16.6 Å². The summed E-state index contributed by atoms with van der Waals surface area (Å²) < 4.78 is 1.18. The molecule has 0 fully saturated rings. The van der Waals surface area contributed by atoms with Gasteiger partial charge in [0.25, 0.3) is 11.8 Å². The van der Waals surface area contributed by atoms with Crippen LogP contribution in [0, 0.1) is 0 Å². The van der Waals surface area contributed by atoms with Crippen molar-refractivity contribution in [2.45, 2.75) is 13.0 Å². The molecule has 7 nitrogen and oxygen atoms in total. The maximum Gasteiger partial charge on any atom is 0.271 e. The van der Waals surface area contributed by atoms with E-state index in [-0.39, 0.29) is 17.4 Å². The second-order valence-electron chi connectivity index (χ2n) is 2.88. The minimum atomic E-state index is -0.722. The Morgan fingerprint density at radius 2 is 2.36 bits per heavy atom. The van der Waals surface area contributed by atoms with Gasteiger partial charge in [0.1, 0.15) is 12.4 Å². The van der Waals surface area contributed by atoms with Crippen LogP contribution in [0.1, 0.15) is 22.2 Å². The number of carbonyl (C=O) groups is 2. The molecule has 0 unspecified atom stereocenters. The topological polar surface area (TPSA) is 103 Å². The summed E-state index contributed by atoms with van der Waals surface area (Å²) in [5.74, 6) is -0.879. The van der Waals surface area contributed by atoms with Crippen LogP contribution >= 0.6 is 0 Å². The number of nitrogens with zero attached hydrogens (tertiary/aromatic N) is 4.